The largest absolute Gasteiger partial charge is 0.350 e. The van der Waals surface area contributed by atoms with Crippen molar-refractivity contribution in [2.75, 3.05) is 13.2 Å². The number of nitrogens with two attached hydrogens (primary N) is 1. The first kappa shape index (κ1) is 13.1. The molecule has 94 valence electrons. The first-order chi connectivity index (χ1) is 8.16. The van der Waals surface area contributed by atoms with E-state index in [1.807, 2.05) is 18.2 Å². The highest BCUT2D eigenvalue weighted by Gasteiger charge is 2.20. The van der Waals surface area contributed by atoms with Crippen LogP contribution in [0.15, 0.2) is 18.2 Å². The lowest BCUT2D eigenvalue weighted by Crippen LogP contribution is -2.29. The van der Waals surface area contributed by atoms with Crippen LogP contribution in [0.25, 0.3) is 0 Å². The van der Waals surface area contributed by atoms with Crippen molar-refractivity contribution >= 4 is 23.2 Å². The standard InChI is InChI=1S/C12H15Cl2NO2/c13-10-2-1-3-11(14)9(10)6-8(15)7-12-16-4-5-17-12/h1-3,8,12H,4-7,15H2. The van der Waals surface area contributed by atoms with Crippen LogP contribution in [0, 0.1) is 0 Å². The Balaban J connectivity index is 1.95. The Kier molecular flexibility index (Phi) is 4.65. The summed E-state index contributed by atoms with van der Waals surface area (Å²) in [4.78, 5) is 0. The molecule has 1 fully saturated rings. The van der Waals surface area contributed by atoms with Crippen LogP contribution in [0.3, 0.4) is 0 Å². The zero-order valence-electron chi connectivity index (χ0n) is 9.36. The summed E-state index contributed by atoms with van der Waals surface area (Å²) in [6.07, 6.45) is 1.09. The molecule has 3 nitrogen and oxygen atoms in total. The molecule has 0 aliphatic carbocycles. The van der Waals surface area contributed by atoms with E-state index in [1.165, 1.54) is 0 Å². The molecule has 0 saturated carbocycles. The van der Waals surface area contributed by atoms with E-state index in [0.29, 0.717) is 36.1 Å². The van der Waals surface area contributed by atoms with Gasteiger partial charge in [-0.1, -0.05) is 29.3 Å². The van der Waals surface area contributed by atoms with E-state index < -0.39 is 0 Å². The highest BCUT2D eigenvalue weighted by atomic mass is 35.5. The number of hydrogen-bond donors (Lipinski definition) is 1. The molecule has 1 aromatic rings. The van der Waals surface area contributed by atoms with Crippen molar-refractivity contribution in [1.82, 2.24) is 0 Å². The van der Waals surface area contributed by atoms with E-state index >= 15 is 0 Å². The van der Waals surface area contributed by atoms with Gasteiger partial charge in [0.05, 0.1) is 13.2 Å². The van der Waals surface area contributed by atoms with Gasteiger partial charge in [0, 0.05) is 22.5 Å². The maximum atomic E-state index is 6.09. The molecule has 17 heavy (non-hydrogen) atoms. The molecule has 2 rings (SSSR count). The number of hydrogen-bond acceptors (Lipinski definition) is 3. The maximum absolute atomic E-state index is 6.09. The number of ether oxygens (including phenoxy) is 2. The zero-order chi connectivity index (χ0) is 12.3. The molecule has 1 saturated heterocycles. The van der Waals surface area contributed by atoms with Crippen LogP contribution in [-0.2, 0) is 15.9 Å². The fourth-order valence-corrected chi connectivity index (χ4v) is 2.42. The molecule has 1 heterocycles. The van der Waals surface area contributed by atoms with Crippen molar-refractivity contribution in [3.8, 4) is 0 Å². The fraction of sp³-hybridized carbons (Fsp3) is 0.500. The quantitative estimate of drug-likeness (QED) is 0.919. The van der Waals surface area contributed by atoms with Gasteiger partial charge in [0.25, 0.3) is 0 Å². The minimum absolute atomic E-state index is 0.0736. The minimum Gasteiger partial charge on any atom is -0.350 e. The average molecular weight is 276 g/mol. The Morgan fingerprint density at radius 1 is 1.24 bits per heavy atom. The number of halogens is 2. The van der Waals surface area contributed by atoms with Crippen LogP contribution in [0.5, 0.6) is 0 Å². The summed E-state index contributed by atoms with van der Waals surface area (Å²) in [5.74, 6) is 0. The molecule has 0 amide bonds. The van der Waals surface area contributed by atoms with Crippen molar-refractivity contribution in [2.45, 2.75) is 25.2 Å². The molecule has 1 unspecified atom stereocenters. The molecular weight excluding hydrogens is 261 g/mol. The van der Waals surface area contributed by atoms with E-state index in [1.54, 1.807) is 0 Å². The van der Waals surface area contributed by atoms with Gasteiger partial charge in [-0.3, -0.25) is 0 Å². The lowest BCUT2D eigenvalue weighted by molar-refractivity contribution is -0.0504. The Hall–Kier alpha value is -0.320. The normalized spacial score (nSPS) is 18.5. The number of rotatable bonds is 4. The third-order valence-electron chi connectivity index (χ3n) is 2.71. The van der Waals surface area contributed by atoms with E-state index in [0.717, 1.165) is 5.56 Å². The van der Waals surface area contributed by atoms with E-state index in [9.17, 15) is 0 Å². The second kappa shape index (κ2) is 6.03. The average Bonchev–Trinajstić information content (AvgIpc) is 2.76. The zero-order valence-corrected chi connectivity index (χ0v) is 10.9. The first-order valence-corrected chi connectivity index (χ1v) is 6.34. The minimum atomic E-state index is -0.189. The van der Waals surface area contributed by atoms with Crippen molar-refractivity contribution in [3.63, 3.8) is 0 Å². The second-order valence-corrected chi connectivity index (χ2v) is 4.89. The maximum Gasteiger partial charge on any atom is 0.159 e. The highest BCUT2D eigenvalue weighted by Crippen LogP contribution is 2.26. The summed E-state index contributed by atoms with van der Waals surface area (Å²) in [6.45, 7) is 1.29. The smallest absolute Gasteiger partial charge is 0.159 e. The summed E-state index contributed by atoms with van der Waals surface area (Å²) in [5.41, 5.74) is 6.94. The van der Waals surface area contributed by atoms with Crippen LogP contribution >= 0.6 is 23.2 Å². The van der Waals surface area contributed by atoms with Crippen molar-refractivity contribution in [2.24, 2.45) is 5.73 Å². The molecule has 2 N–H and O–H groups in total. The van der Waals surface area contributed by atoms with Gasteiger partial charge in [-0.15, -0.1) is 0 Å². The lowest BCUT2D eigenvalue weighted by atomic mass is 10.0. The van der Waals surface area contributed by atoms with Crippen LogP contribution in [-0.4, -0.2) is 25.5 Å². The van der Waals surface area contributed by atoms with Crippen LogP contribution < -0.4 is 5.73 Å². The molecule has 1 aliphatic rings. The van der Waals surface area contributed by atoms with Crippen molar-refractivity contribution in [3.05, 3.63) is 33.8 Å². The molecule has 1 atom stereocenters. The molecule has 0 radical (unpaired) electrons. The van der Waals surface area contributed by atoms with Gasteiger partial charge in [0.2, 0.25) is 0 Å². The summed E-state index contributed by atoms with van der Waals surface area (Å²) < 4.78 is 10.7. The Morgan fingerprint density at radius 2 is 1.82 bits per heavy atom. The van der Waals surface area contributed by atoms with Gasteiger partial charge >= 0.3 is 0 Å². The SMILES string of the molecule is NC(Cc1c(Cl)cccc1Cl)CC1OCCO1. The Bertz CT molecular complexity index is 361. The van der Waals surface area contributed by atoms with E-state index in [2.05, 4.69) is 0 Å². The predicted octanol–water partition coefficient (Wildman–Crippen LogP) is 2.63. The molecule has 0 aromatic heterocycles. The topological polar surface area (TPSA) is 44.5 Å². The van der Waals surface area contributed by atoms with Gasteiger partial charge in [-0.05, 0) is 24.1 Å². The van der Waals surface area contributed by atoms with E-state index in [-0.39, 0.29) is 12.3 Å². The van der Waals surface area contributed by atoms with Gasteiger partial charge < -0.3 is 15.2 Å². The molecule has 0 bridgehead atoms. The molecular formula is C12H15Cl2NO2. The highest BCUT2D eigenvalue weighted by molar-refractivity contribution is 6.35. The van der Waals surface area contributed by atoms with Crippen LogP contribution in [0.2, 0.25) is 10.0 Å². The third kappa shape index (κ3) is 3.57. The Labute approximate surface area is 111 Å². The molecule has 5 heteroatoms. The molecule has 0 spiro atoms. The lowest BCUT2D eigenvalue weighted by Gasteiger charge is -2.17. The van der Waals surface area contributed by atoms with Crippen LogP contribution in [0.1, 0.15) is 12.0 Å². The number of benzene rings is 1. The second-order valence-electron chi connectivity index (χ2n) is 4.07. The van der Waals surface area contributed by atoms with Gasteiger partial charge in [0.15, 0.2) is 6.29 Å². The van der Waals surface area contributed by atoms with E-state index in [4.69, 9.17) is 38.4 Å². The van der Waals surface area contributed by atoms with Gasteiger partial charge in [-0.2, -0.15) is 0 Å². The molecule has 1 aliphatic heterocycles. The first-order valence-electron chi connectivity index (χ1n) is 5.58. The monoisotopic (exact) mass is 275 g/mol. The van der Waals surface area contributed by atoms with Gasteiger partial charge in [-0.25, -0.2) is 0 Å². The molecule has 1 aromatic carbocycles. The van der Waals surface area contributed by atoms with Crippen molar-refractivity contribution < 1.29 is 9.47 Å². The third-order valence-corrected chi connectivity index (χ3v) is 3.42. The summed E-state index contributed by atoms with van der Waals surface area (Å²) in [6, 6.07) is 5.38. The van der Waals surface area contributed by atoms with Crippen LogP contribution in [0.4, 0.5) is 0 Å². The summed E-state index contributed by atoms with van der Waals surface area (Å²) in [5, 5.41) is 1.31. The van der Waals surface area contributed by atoms with Gasteiger partial charge in [0.1, 0.15) is 0 Å². The Morgan fingerprint density at radius 3 is 2.41 bits per heavy atom. The summed E-state index contributed by atoms with van der Waals surface area (Å²) >= 11 is 12.2. The fourth-order valence-electron chi connectivity index (χ4n) is 1.86. The summed E-state index contributed by atoms with van der Waals surface area (Å²) in [7, 11) is 0. The predicted molar refractivity (Wildman–Crippen MR) is 68.5 cm³/mol. The van der Waals surface area contributed by atoms with Crippen molar-refractivity contribution in [1.29, 1.82) is 0 Å².